The molecule has 99 valence electrons. The van der Waals surface area contributed by atoms with Gasteiger partial charge in [-0.05, 0) is 30.6 Å². The largest absolute Gasteiger partial charge is 0.248 e. The minimum atomic E-state index is -2.59. The molecule has 0 bridgehead atoms. The highest BCUT2D eigenvalue weighted by Crippen LogP contribution is 2.61. The van der Waals surface area contributed by atoms with E-state index in [-0.39, 0.29) is 37.5 Å². The average molecular weight is 251 g/mol. The molecule has 2 rings (SSSR count). The van der Waals surface area contributed by atoms with E-state index < -0.39 is 17.3 Å². The topological polar surface area (TPSA) is 0 Å². The van der Waals surface area contributed by atoms with E-state index in [9.17, 15) is 17.6 Å². The van der Waals surface area contributed by atoms with E-state index in [1.807, 2.05) is 6.92 Å². The molecule has 1 radical (unpaired) electrons. The van der Waals surface area contributed by atoms with Gasteiger partial charge < -0.3 is 0 Å². The summed E-state index contributed by atoms with van der Waals surface area (Å²) in [6, 6.07) is 0. The fourth-order valence-corrected chi connectivity index (χ4v) is 3.34. The molecule has 0 unspecified atom stereocenters. The summed E-state index contributed by atoms with van der Waals surface area (Å²) >= 11 is 0. The lowest BCUT2D eigenvalue weighted by molar-refractivity contribution is -0.195. The average Bonchev–Trinajstić information content (AvgIpc) is 2.10. The number of halogens is 4. The Morgan fingerprint density at radius 3 is 1.59 bits per heavy atom. The zero-order valence-electron chi connectivity index (χ0n) is 10.1. The van der Waals surface area contributed by atoms with Crippen LogP contribution in [0.1, 0.15) is 45.4 Å². The van der Waals surface area contributed by atoms with Gasteiger partial charge in [-0.2, -0.15) is 0 Å². The number of hydrogen-bond donors (Lipinski definition) is 0. The van der Waals surface area contributed by atoms with E-state index in [4.69, 9.17) is 0 Å². The Bertz CT molecular complexity index is 258. The van der Waals surface area contributed by atoms with Gasteiger partial charge in [0, 0.05) is 25.7 Å². The van der Waals surface area contributed by atoms with Crippen molar-refractivity contribution in [1.82, 2.24) is 0 Å². The van der Waals surface area contributed by atoms with Crippen LogP contribution in [0.4, 0.5) is 17.6 Å². The molecule has 0 aliphatic heterocycles. The van der Waals surface area contributed by atoms with Gasteiger partial charge in [-0.15, -0.1) is 0 Å². The fraction of sp³-hybridized carbons (Fsp3) is 0.923. The van der Waals surface area contributed by atoms with Crippen molar-refractivity contribution >= 4 is 0 Å². The van der Waals surface area contributed by atoms with Crippen LogP contribution < -0.4 is 0 Å². The second kappa shape index (κ2) is 3.86. The van der Waals surface area contributed by atoms with Crippen molar-refractivity contribution in [2.75, 3.05) is 0 Å². The molecule has 2 fully saturated rings. The maximum absolute atomic E-state index is 12.9. The number of hydrogen-bond acceptors (Lipinski definition) is 0. The molecular formula is C13H19F4. The van der Waals surface area contributed by atoms with Gasteiger partial charge in [0.05, 0.1) is 0 Å². The molecule has 0 nitrogen and oxygen atoms in total. The third-order valence-corrected chi connectivity index (χ3v) is 4.52. The van der Waals surface area contributed by atoms with Crippen molar-refractivity contribution in [3.63, 3.8) is 0 Å². The third-order valence-electron chi connectivity index (χ3n) is 4.52. The molecule has 17 heavy (non-hydrogen) atoms. The molecule has 0 heterocycles. The molecular weight excluding hydrogens is 232 g/mol. The summed E-state index contributed by atoms with van der Waals surface area (Å²) in [5, 5.41) is 0. The minimum absolute atomic E-state index is 0.168. The molecule has 0 amide bonds. The van der Waals surface area contributed by atoms with Crippen LogP contribution in [0, 0.1) is 24.2 Å². The van der Waals surface area contributed by atoms with E-state index in [2.05, 4.69) is 6.92 Å². The van der Waals surface area contributed by atoms with E-state index >= 15 is 0 Å². The molecule has 0 atom stereocenters. The number of rotatable bonds is 4. The predicted octanol–water partition coefficient (Wildman–Crippen LogP) is 4.70. The molecule has 0 aromatic heterocycles. The summed E-state index contributed by atoms with van der Waals surface area (Å²) in [7, 11) is 0. The maximum Gasteiger partial charge on any atom is 0.248 e. The highest BCUT2D eigenvalue weighted by Gasteiger charge is 2.60. The van der Waals surface area contributed by atoms with Crippen LogP contribution >= 0.6 is 0 Å². The molecule has 0 N–H and O–H groups in total. The van der Waals surface area contributed by atoms with Crippen LogP contribution in [0.3, 0.4) is 0 Å². The zero-order chi connectivity index (χ0) is 12.9. The van der Waals surface area contributed by atoms with Gasteiger partial charge in [0.15, 0.2) is 0 Å². The number of alkyl halides is 4. The quantitative estimate of drug-likeness (QED) is 0.635. The lowest BCUT2D eigenvalue weighted by Crippen LogP contribution is -2.53. The lowest BCUT2D eigenvalue weighted by Gasteiger charge is -2.55. The minimum Gasteiger partial charge on any atom is -0.207 e. The maximum atomic E-state index is 12.9. The first-order chi connectivity index (χ1) is 7.69. The standard InChI is InChI=1S/C13H19F4/c1-3-4-11(2,9-5-12(14,15)6-9)10-7-13(16,17)8-10/h9-10H,2-8H2,1H3. The predicted molar refractivity (Wildman–Crippen MR) is 58.0 cm³/mol. The Morgan fingerprint density at radius 1 is 1.00 bits per heavy atom. The van der Waals surface area contributed by atoms with E-state index in [1.165, 1.54) is 0 Å². The second-order valence-corrected chi connectivity index (χ2v) is 5.91. The molecule has 2 aliphatic carbocycles. The first-order valence-corrected chi connectivity index (χ1v) is 6.29. The van der Waals surface area contributed by atoms with Crippen molar-refractivity contribution in [1.29, 1.82) is 0 Å². The Morgan fingerprint density at radius 2 is 1.35 bits per heavy atom. The van der Waals surface area contributed by atoms with Crippen molar-refractivity contribution in [2.24, 2.45) is 17.3 Å². The van der Waals surface area contributed by atoms with Crippen molar-refractivity contribution in [2.45, 2.75) is 57.3 Å². The smallest absolute Gasteiger partial charge is 0.207 e. The van der Waals surface area contributed by atoms with Crippen molar-refractivity contribution < 1.29 is 17.6 Å². The van der Waals surface area contributed by atoms with Gasteiger partial charge in [0.1, 0.15) is 0 Å². The first-order valence-electron chi connectivity index (χ1n) is 6.29. The highest BCUT2D eigenvalue weighted by molar-refractivity contribution is 5.07. The van der Waals surface area contributed by atoms with Gasteiger partial charge in [-0.25, -0.2) is 17.6 Å². The Labute approximate surface area is 99.8 Å². The molecule has 2 saturated carbocycles. The molecule has 0 spiro atoms. The molecule has 0 aromatic rings. The van der Waals surface area contributed by atoms with E-state index in [0.717, 1.165) is 6.42 Å². The third kappa shape index (κ3) is 2.32. The zero-order valence-corrected chi connectivity index (χ0v) is 10.1. The van der Waals surface area contributed by atoms with Crippen LogP contribution in [-0.2, 0) is 0 Å². The van der Waals surface area contributed by atoms with Crippen LogP contribution in [-0.4, -0.2) is 11.8 Å². The van der Waals surface area contributed by atoms with Crippen LogP contribution in [0.25, 0.3) is 0 Å². The fourth-order valence-electron chi connectivity index (χ4n) is 3.34. The molecule has 2 aliphatic rings. The van der Waals surface area contributed by atoms with Gasteiger partial charge in [-0.3, -0.25) is 0 Å². The molecule has 4 heteroatoms. The van der Waals surface area contributed by atoms with Gasteiger partial charge >= 0.3 is 0 Å². The normalized spacial score (nSPS) is 28.6. The van der Waals surface area contributed by atoms with Crippen LogP contribution in [0.5, 0.6) is 0 Å². The Hall–Kier alpha value is -0.280. The first kappa shape index (κ1) is 13.2. The van der Waals surface area contributed by atoms with Crippen molar-refractivity contribution in [3.05, 3.63) is 6.92 Å². The summed E-state index contributed by atoms with van der Waals surface area (Å²) in [5.41, 5.74) is -0.557. The lowest BCUT2D eigenvalue weighted by atomic mass is 9.52. The molecule has 0 saturated heterocycles. The van der Waals surface area contributed by atoms with Gasteiger partial charge in [-0.1, -0.05) is 13.3 Å². The van der Waals surface area contributed by atoms with Crippen molar-refractivity contribution in [3.8, 4) is 0 Å². The summed E-state index contributed by atoms with van der Waals surface area (Å²) in [6.45, 7) is 6.02. The summed E-state index contributed by atoms with van der Waals surface area (Å²) in [4.78, 5) is 0. The summed E-state index contributed by atoms with van der Waals surface area (Å²) in [6.07, 6.45) is 0.816. The van der Waals surface area contributed by atoms with E-state index in [0.29, 0.717) is 6.42 Å². The Kier molecular flexibility index (Phi) is 2.98. The highest BCUT2D eigenvalue weighted by atomic mass is 19.3. The van der Waals surface area contributed by atoms with Crippen LogP contribution in [0.2, 0.25) is 0 Å². The Balaban J connectivity index is 2.01. The second-order valence-electron chi connectivity index (χ2n) is 5.91. The van der Waals surface area contributed by atoms with Gasteiger partial charge in [0.2, 0.25) is 11.8 Å². The van der Waals surface area contributed by atoms with Gasteiger partial charge in [0.25, 0.3) is 0 Å². The summed E-state index contributed by atoms with van der Waals surface area (Å²) < 4.78 is 51.7. The SMILES string of the molecule is [CH2]C(CCC)(C1CC(F)(F)C1)C1CC(F)(F)C1. The monoisotopic (exact) mass is 251 g/mol. The molecule has 0 aromatic carbocycles. The van der Waals surface area contributed by atoms with Crippen LogP contribution in [0.15, 0.2) is 0 Å². The summed E-state index contributed by atoms with van der Waals surface area (Å²) in [5.74, 6) is -5.54. The van der Waals surface area contributed by atoms with E-state index in [1.54, 1.807) is 0 Å².